The number of ether oxygens (including phenoxy) is 2. The van der Waals surface area contributed by atoms with Gasteiger partial charge in [-0.25, -0.2) is 9.98 Å². The standard InChI is InChI=1S/C21H28ClN5O2/c1-4-23-21(25-13-15-5-6-20(22)24-12-15)26-16-7-8-27(14-16)17-9-18(28-2)11-19(10-17)29-3/h5-6,9-12,16H,4,7-8,13-14H2,1-3H3,(H2,23,25,26). The SMILES string of the molecule is CCNC(=NCc1ccc(Cl)nc1)NC1CCN(c2cc(OC)cc(OC)c2)C1. The molecule has 0 saturated carbocycles. The first-order valence-corrected chi connectivity index (χ1v) is 10.1. The largest absolute Gasteiger partial charge is 0.497 e. The third-order valence-electron chi connectivity index (χ3n) is 4.78. The zero-order valence-corrected chi connectivity index (χ0v) is 17.9. The van der Waals surface area contributed by atoms with Crippen LogP contribution in [-0.2, 0) is 6.54 Å². The number of aromatic nitrogens is 1. The number of hydrogen-bond acceptors (Lipinski definition) is 5. The van der Waals surface area contributed by atoms with Crippen LogP contribution in [0.5, 0.6) is 11.5 Å². The maximum atomic E-state index is 5.85. The Hall–Kier alpha value is -2.67. The van der Waals surface area contributed by atoms with E-state index in [1.807, 2.05) is 24.3 Å². The van der Waals surface area contributed by atoms with Gasteiger partial charge >= 0.3 is 0 Å². The molecule has 1 aliphatic heterocycles. The number of benzene rings is 1. The van der Waals surface area contributed by atoms with E-state index in [4.69, 9.17) is 21.1 Å². The molecule has 1 aromatic heterocycles. The van der Waals surface area contributed by atoms with Crippen molar-refractivity contribution in [1.82, 2.24) is 15.6 Å². The number of methoxy groups -OCH3 is 2. The van der Waals surface area contributed by atoms with E-state index in [-0.39, 0.29) is 0 Å². The fourth-order valence-corrected chi connectivity index (χ4v) is 3.38. The highest BCUT2D eigenvalue weighted by atomic mass is 35.5. The molecule has 1 unspecified atom stereocenters. The third kappa shape index (κ3) is 5.90. The van der Waals surface area contributed by atoms with Crippen molar-refractivity contribution in [2.75, 3.05) is 38.8 Å². The van der Waals surface area contributed by atoms with E-state index in [2.05, 4.69) is 32.4 Å². The second kappa shape index (κ2) is 10.2. The minimum absolute atomic E-state index is 0.299. The molecule has 0 amide bonds. The molecule has 1 fully saturated rings. The molecule has 0 bridgehead atoms. The summed E-state index contributed by atoms with van der Waals surface area (Å²) >= 11 is 5.85. The van der Waals surface area contributed by atoms with Gasteiger partial charge in [0, 0.05) is 55.8 Å². The summed E-state index contributed by atoms with van der Waals surface area (Å²) < 4.78 is 10.8. The Balaban J connectivity index is 1.63. The van der Waals surface area contributed by atoms with Crippen molar-refractivity contribution in [3.05, 3.63) is 47.2 Å². The van der Waals surface area contributed by atoms with Crippen LogP contribution in [0.2, 0.25) is 5.15 Å². The van der Waals surface area contributed by atoms with Gasteiger partial charge in [0.15, 0.2) is 5.96 Å². The Morgan fingerprint density at radius 3 is 2.62 bits per heavy atom. The second-order valence-corrected chi connectivity index (χ2v) is 7.22. The fourth-order valence-electron chi connectivity index (χ4n) is 3.27. The van der Waals surface area contributed by atoms with Crippen molar-refractivity contribution < 1.29 is 9.47 Å². The highest BCUT2D eigenvalue weighted by Gasteiger charge is 2.24. The molecule has 2 N–H and O–H groups in total. The number of aliphatic imine (C=N–C) groups is 1. The lowest BCUT2D eigenvalue weighted by Gasteiger charge is -2.21. The van der Waals surface area contributed by atoms with Crippen LogP contribution in [0.4, 0.5) is 5.69 Å². The molecular weight excluding hydrogens is 390 g/mol. The molecule has 29 heavy (non-hydrogen) atoms. The van der Waals surface area contributed by atoms with E-state index in [1.54, 1.807) is 26.5 Å². The van der Waals surface area contributed by atoms with Gasteiger partial charge in [0.25, 0.3) is 0 Å². The lowest BCUT2D eigenvalue weighted by atomic mass is 10.2. The predicted octanol–water partition coefficient (Wildman–Crippen LogP) is 3.09. The zero-order chi connectivity index (χ0) is 20.6. The van der Waals surface area contributed by atoms with Crippen LogP contribution in [0.1, 0.15) is 18.9 Å². The number of nitrogens with zero attached hydrogens (tertiary/aromatic N) is 3. The average Bonchev–Trinajstić information content (AvgIpc) is 3.21. The number of hydrogen-bond donors (Lipinski definition) is 2. The molecule has 8 heteroatoms. The summed E-state index contributed by atoms with van der Waals surface area (Å²) in [5, 5.41) is 7.35. The summed E-state index contributed by atoms with van der Waals surface area (Å²) in [6.07, 6.45) is 2.77. The van der Waals surface area contributed by atoms with Crippen molar-refractivity contribution in [3.8, 4) is 11.5 Å². The van der Waals surface area contributed by atoms with Crippen LogP contribution >= 0.6 is 11.6 Å². The van der Waals surface area contributed by atoms with Gasteiger partial charge in [0.2, 0.25) is 0 Å². The molecule has 0 spiro atoms. The fraction of sp³-hybridized carbons (Fsp3) is 0.429. The highest BCUT2D eigenvalue weighted by molar-refractivity contribution is 6.29. The number of anilines is 1. The molecule has 1 aliphatic rings. The van der Waals surface area contributed by atoms with Crippen molar-refractivity contribution in [3.63, 3.8) is 0 Å². The first kappa shape index (κ1) is 21.0. The molecule has 156 valence electrons. The predicted molar refractivity (Wildman–Crippen MR) is 117 cm³/mol. The first-order chi connectivity index (χ1) is 14.1. The summed E-state index contributed by atoms with van der Waals surface area (Å²) in [7, 11) is 3.34. The summed E-state index contributed by atoms with van der Waals surface area (Å²) in [5.74, 6) is 2.39. The van der Waals surface area contributed by atoms with E-state index in [0.29, 0.717) is 17.7 Å². The number of nitrogens with one attached hydrogen (secondary N) is 2. The van der Waals surface area contributed by atoms with Crippen LogP contribution in [0.15, 0.2) is 41.5 Å². The summed E-state index contributed by atoms with van der Waals surface area (Å²) in [5.41, 5.74) is 2.11. The first-order valence-electron chi connectivity index (χ1n) is 9.74. The normalized spacial score (nSPS) is 16.6. The smallest absolute Gasteiger partial charge is 0.191 e. The highest BCUT2D eigenvalue weighted by Crippen LogP contribution is 2.30. The molecule has 2 heterocycles. The van der Waals surface area contributed by atoms with E-state index >= 15 is 0 Å². The van der Waals surface area contributed by atoms with Crippen LogP contribution in [0.25, 0.3) is 0 Å². The van der Waals surface area contributed by atoms with Gasteiger partial charge in [-0.2, -0.15) is 0 Å². The van der Waals surface area contributed by atoms with Gasteiger partial charge in [-0.3, -0.25) is 0 Å². The summed E-state index contributed by atoms with van der Waals surface area (Å²) in [4.78, 5) is 11.1. The van der Waals surface area contributed by atoms with E-state index < -0.39 is 0 Å². The molecule has 7 nitrogen and oxygen atoms in total. The molecule has 1 atom stereocenters. The van der Waals surface area contributed by atoms with Gasteiger partial charge < -0.3 is 25.0 Å². The molecule has 1 saturated heterocycles. The van der Waals surface area contributed by atoms with Crippen LogP contribution in [0, 0.1) is 0 Å². The minimum Gasteiger partial charge on any atom is -0.497 e. The lowest BCUT2D eigenvalue weighted by molar-refractivity contribution is 0.394. The zero-order valence-electron chi connectivity index (χ0n) is 17.1. The summed E-state index contributed by atoms with van der Waals surface area (Å²) in [6.45, 7) is 5.24. The van der Waals surface area contributed by atoms with Crippen molar-refractivity contribution in [2.45, 2.75) is 25.9 Å². The maximum Gasteiger partial charge on any atom is 0.191 e. The lowest BCUT2D eigenvalue weighted by Crippen LogP contribution is -2.44. The Morgan fingerprint density at radius 1 is 1.24 bits per heavy atom. The number of guanidine groups is 1. The Bertz CT molecular complexity index is 806. The molecule has 2 aromatic rings. The van der Waals surface area contributed by atoms with E-state index in [9.17, 15) is 0 Å². The Kier molecular flexibility index (Phi) is 7.41. The van der Waals surface area contributed by atoms with E-state index in [1.165, 1.54) is 0 Å². The molecule has 1 aromatic carbocycles. The number of rotatable bonds is 7. The average molecular weight is 418 g/mol. The molecule has 3 rings (SSSR count). The van der Waals surface area contributed by atoms with Crippen LogP contribution < -0.4 is 25.0 Å². The molecule has 0 aliphatic carbocycles. The second-order valence-electron chi connectivity index (χ2n) is 6.83. The minimum atomic E-state index is 0.299. The summed E-state index contributed by atoms with van der Waals surface area (Å²) in [6, 6.07) is 9.99. The monoisotopic (exact) mass is 417 g/mol. The molecular formula is C21H28ClN5O2. The maximum absolute atomic E-state index is 5.85. The van der Waals surface area contributed by atoms with Crippen LogP contribution in [-0.4, -0.2) is 50.8 Å². The van der Waals surface area contributed by atoms with Crippen LogP contribution in [0.3, 0.4) is 0 Å². The van der Waals surface area contributed by atoms with Gasteiger partial charge in [0.05, 0.1) is 20.8 Å². The van der Waals surface area contributed by atoms with Crippen molar-refractivity contribution in [2.24, 2.45) is 4.99 Å². The quantitative estimate of drug-likeness (QED) is 0.410. The van der Waals surface area contributed by atoms with Gasteiger partial charge in [-0.1, -0.05) is 17.7 Å². The van der Waals surface area contributed by atoms with E-state index in [0.717, 1.165) is 54.8 Å². The Labute approximate surface area is 177 Å². The number of pyridine rings is 1. The van der Waals surface area contributed by atoms with Crippen molar-refractivity contribution in [1.29, 1.82) is 0 Å². The van der Waals surface area contributed by atoms with Gasteiger partial charge in [0.1, 0.15) is 16.7 Å². The number of halogens is 1. The van der Waals surface area contributed by atoms with Crippen molar-refractivity contribution >= 4 is 23.2 Å². The molecule has 0 radical (unpaired) electrons. The van der Waals surface area contributed by atoms with Gasteiger partial charge in [-0.15, -0.1) is 0 Å². The Morgan fingerprint density at radius 2 is 2.00 bits per heavy atom. The topological polar surface area (TPSA) is 71.0 Å². The third-order valence-corrected chi connectivity index (χ3v) is 5.01. The van der Waals surface area contributed by atoms with Gasteiger partial charge in [-0.05, 0) is 25.0 Å².